The summed E-state index contributed by atoms with van der Waals surface area (Å²) in [6.45, 7) is 8.80. The van der Waals surface area contributed by atoms with Gasteiger partial charge >= 0.3 is 18.5 Å². The van der Waals surface area contributed by atoms with Gasteiger partial charge < -0.3 is 28.4 Å². The lowest BCUT2D eigenvalue weighted by atomic mass is 9.72. The van der Waals surface area contributed by atoms with Crippen molar-refractivity contribution in [2.24, 2.45) is 0 Å². The average molecular weight is 685 g/mol. The maximum absolute atomic E-state index is 12.9. The van der Waals surface area contributed by atoms with Gasteiger partial charge in [0.05, 0.1) is 0 Å². The highest BCUT2D eigenvalue weighted by Crippen LogP contribution is 2.63. The van der Waals surface area contributed by atoms with Crippen LogP contribution in [0.25, 0.3) is 0 Å². The molecule has 0 saturated carbocycles. The maximum Gasteiger partial charge on any atom is 0.519 e. The first-order chi connectivity index (χ1) is 24.4. The Bertz CT molecular complexity index is 2120. The van der Waals surface area contributed by atoms with Gasteiger partial charge in [0, 0.05) is 11.5 Å². The highest BCUT2D eigenvalue weighted by atomic mass is 16.7. The van der Waals surface area contributed by atoms with Crippen LogP contribution >= 0.6 is 0 Å². The van der Waals surface area contributed by atoms with Crippen LogP contribution in [0.4, 0.5) is 14.4 Å². The van der Waals surface area contributed by atoms with Crippen molar-refractivity contribution in [3.05, 3.63) is 144 Å². The molecule has 0 radical (unpaired) electrons. The van der Waals surface area contributed by atoms with Crippen LogP contribution in [-0.2, 0) is 16.2 Å². The van der Waals surface area contributed by atoms with Gasteiger partial charge in [-0.25, -0.2) is 14.4 Å². The molecule has 1 unspecified atom stereocenters. The first-order valence-electron chi connectivity index (χ1n) is 16.6. The van der Waals surface area contributed by atoms with Crippen molar-refractivity contribution in [2.75, 3.05) is 0 Å². The predicted octanol–water partition coefficient (Wildman–Crippen LogP) is 10.1. The largest absolute Gasteiger partial charge is 0.519 e. The van der Waals surface area contributed by atoms with E-state index in [1.54, 1.807) is 78.9 Å². The molecule has 9 heteroatoms. The van der Waals surface area contributed by atoms with Crippen LogP contribution in [0.5, 0.6) is 34.5 Å². The molecule has 51 heavy (non-hydrogen) atoms. The second-order valence-electron chi connectivity index (χ2n) is 14.1. The summed E-state index contributed by atoms with van der Waals surface area (Å²) in [5, 5.41) is 0. The molecule has 258 valence electrons. The Labute approximate surface area is 295 Å². The van der Waals surface area contributed by atoms with Crippen LogP contribution in [0.1, 0.15) is 62.8 Å². The quantitative estimate of drug-likeness (QED) is 0.128. The Morgan fingerprint density at radius 3 is 1.12 bits per heavy atom. The maximum atomic E-state index is 12.9. The predicted molar refractivity (Wildman–Crippen MR) is 188 cm³/mol. The van der Waals surface area contributed by atoms with E-state index in [9.17, 15) is 14.4 Å². The molecule has 0 N–H and O–H groups in total. The van der Waals surface area contributed by atoms with Crippen LogP contribution in [0.15, 0.2) is 121 Å². The van der Waals surface area contributed by atoms with E-state index in [0.717, 1.165) is 24.0 Å². The number of benzene rings is 5. The molecule has 9 nitrogen and oxygen atoms in total. The fourth-order valence-electron chi connectivity index (χ4n) is 7.63. The van der Waals surface area contributed by atoms with E-state index in [4.69, 9.17) is 28.4 Å². The minimum Gasteiger partial charge on any atom is -0.395 e. The summed E-state index contributed by atoms with van der Waals surface area (Å²) >= 11 is 0. The minimum atomic E-state index is -0.935. The molecule has 0 saturated heterocycles. The Hall–Kier alpha value is -6.09. The molecule has 0 bridgehead atoms. The number of hydrogen-bond acceptors (Lipinski definition) is 9. The zero-order valence-electron chi connectivity index (χ0n) is 28.6. The number of carbonyl (C=O) groups is 3. The zero-order valence-corrected chi connectivity index (χ0v) is 28.6. The summed E-state index contributed by atoms with van der Waals surface area (Å²) in [6.07, 6.45) is -0.964. The molecule has 0 aliphatic heterocycles. The Morgan fingerprint density at radius 2 is 0.725 bits per heavy atom. The Balaban J connectivity index is 1.06. The normalized spacial score (nSPS) is 17.5. The highest BCUT2D eigenvalue weighted by Gasteiger charge is 2.56. The topological polar surface area (TPSA) is 107 Å². The van der Waals surface area contributed by atoms with Crippen LogP contribution < -0.4 is 28.4 Å². The van der Waals surface area contributed by atoms with Crippen molar-refractivity contribution in [1.29, 1.82) is 0 Å². The van der Waals surface area contributed by atoms with Gasteiger partial charge in [-0.05, 0) is 107 Å². The van der Waals surface area contributed by atoms with Gasteiger partial charge in [0.15, 0.2) is 0 Å². The number of para-hydroxylation sites is 2. The number of hydrogen-bond donors (Lipinski definition) is 0. The number of ether oxygens (including phenoxy) is 6. The van der Waals surface area contributed by atoms with Gasteiger partial charge in [0.1, 0.15) is 34.5 Å². The molecule has 2 aliphatic carbocycles. The van der Waals surface area contributed by atoms with Crippen LogP contribution in [-0.4, -0.2) is 18.5 Å². The van der Waals surface area contributed by atoms with Crippen LogP contribution in [0.2, 0.25) is 0 Å². The summed E-state index contributed by atoms with van der Waals surface area (Å²) in [5.41, 5.74) is 3.79. The van der Waals surface area contributed by atoms with Crippen LogP contribution in [0.3, 0.4) is 0 Å². The Kier molecular flexibility index (Phi) is 8.51. The monoisotopic (exact) mass is 684 g/mol. The first-order valence-corrected chi connectivity index (χ1v) is 16.6. The summed E-state index contributed by atoms with van der Waals surface area (Å²) in [4.78, 5) is 37.7. The molecule has 0 heterocycles. The lowest BCUT2D eigenvalue weighted by molar-refractivity contribution is 0.149. The zero-order chi connectivity index (χ0) is 35.8. The standard InChI is InChI=1S/C42H36O9/c1-40(2)25-42(33-20-18-31(23-35(33)40)50-38(44)47-28-14-9-6-10-15-28)26-41(3,4)36-24-32(19-21-34(36)42)51-39(45)49-30-17-11-16-29(22-30)48-37(43)46-27-12-7-5-8-13-27/h5-24H,25-26H2,1-4H3. The van der Waals surface area contributed by atoms with Crippen LogP contribution in [0, 0.1) is 0 Å². The molecule has 0 fully saturated rings. The molecule has 1 spiro atoms. The van der Waals surface area contributed by atoms with Crippen molar-refractivity contribution in [3.8, 4) is 34.5 Å². The average Bonchev–Trinajstić information content (AvgIpc) is 3.44. The number of fused-ring (bicyclic) bond motifs is 4. The fraction of sp³-hybridized carbons (Fsp3) is 0.214. The molecule has 1 atom stereocenters. The molecule has 5 aromatic carbocycles. The van der Waals surface area contributed by atoms with Gasteiger partial charge in [-0.15, -0.1) is 0 Å². The molecule has 7 rings (SSSR count). The third-order valence-corrected chi connectivity index (χ3v) is 9.46. The second kappa shape index (κ2) is 13.0. The summed E-state index contributed by atoms with van der Waals surface area (Å²) in [5.74, 6) is 1.78. The molecular weight excluding hydrogens is 648 g/mol. The van der Waals surface area contributed by atoms with Crippen molar-refractivity contribution < 1.29 is 42.8 Å². The third-order valence-electron chi connectivity index (χ3n) is 9.46. The summed E-state index contributed by atoms with van der Waals surface area (Å²) in [6, 6.07) is 34.9. The van der Waals surface area contributed by atoms with Crippen molar-refractivity contribution in [2.45, 2.75) is 56.8 Å². The molecular formula is C42H36O9. The van der Waals surface area contributed by atoms with Gasteiger partial charge in [0.25, 0.3) is 0 Å². The van der Waals surface area contributed by atoms with Gasteiger partial charge in [-0.2, -0.15) is 0 Å². The van der Waals surface area contributed by atoms with E-state index in [0.29, 0.717) is 23.0 Å². The second-order valence-corrected chi connectivity index (χ2v) is 14.1. The fourth-order valence-corrected chi connectivity index (χ4v) is 7.63. The third kappa shape index (κ3) is 6.88. The van der Waals surface area contributed by atoms with Gasteiger partial charge in [-0.3, -0.25) is 0 Å². The van der Waals surface area contributed by atoms with E-state index in [1.165, 1.54) is 17.2 Å². The molecule has 2 aliphatic rings. The van der Waals surface area contributed by atoms with E-state index in [-0.39, 0.29) is 27.7 Å². The van der Waals surface area contributed by atoms with Crippen molar-refractivity contribution >= 4 is 18.5 Å². The first kappa shape index (κ1) is 33.4. The Morgan fingerprint density at radius 1 is 0.392 bits per heavy atom. The summed E-state index contributed by atoms with van der Waals surface area (Å²) < 4.78 is 32.4. The van der Waals surface area contributed by atoms with Crippen molar-refractivity contribution in [3.63, 3.8) is 0 Å². The summed E-state index contributed by atoms with van der Waals surface area (Å²) in [7, 11) is 0. The van der Waals surface area contributed by atoms with Crippen molar-refractivity contribution in [1.82, 2.24) is 0 Å². The molecule has 0 amide bonds. The van der Waals surface area contributed by atoms with E-state index in [2.05, 4.69) is 33.8 Å². The minimum absolute atomic E-state index is 0.131. The van der Waals surface area contributed by atoms with Gasteiger partial charge in [-0.1, -0.05) is 82.3 Å². The smallest absolute Gasteiger partial charge is 0.395 e. The number of carbonyl (C=O) groups excluding carboxylic acids is 3. The lowest BCUT2D eigenvalue weighted by Gasteiger charge is -2.30. The lowest BCUT2D eigenvalue weighted by Crippen LogP contribution is -2.26. The van der Waals surface area contributed by atoms with Gasteiger partial charge in [0.2, 0.25) is 0 Å². The van der Waals surface area contributed by atoms with E-state index < -0.39 is 18.5 Å². The SMILES string of the molecule is CC1(C)CC2(CC(C)(C)c3cc(OC(=O)Oc4cccc(OC(=O)Oc5ccccc5)c4)ccc32)c2ccc(OC(=O)Oc3ccccc3)cc21. The van der Waals surface area contributed by atoms with E-state index >= 15 is 0 Å². The van der Waals surface area contributed by atoms with E-state index in [1.807, 2.05) is 30.3 Å². The highest BCUT2D eigenvalue weighted by molar-refractivity contribution is 5.71. The number of rotatable bonds is 6. The molecule has 5 aromatic rings. The molecule has 0 aromatic heterocycles.